The Morgan fingerprint density at radius 1 is 0.944 bits per heavy atom. The smallest absolute Gasteiger partial charge is 0.181 e. The van der Waals surface area contributed by atoms with E-state index in [1.807, 2.05) is 27.7 Å². The first kappa shape index (κ1) is 12.9. The predicted octanol–water partition coefficient (Wildman–Crippen LogP) is 2.26. The van der Waals surface area contributed by atoms with E-state index in [0.717, 1.165) is 12.8 Å². The van der Waals surface area contributed by atoms with Gasteiger partial charge in [-0.1, -0.05) is 34.6 Å². The van der Waals surface area contributed by atoms with Gasteiger partial charge in [-0.25, -0.2) is 0 Å². The molecule has 0 aromatic rings. The lowest BCUT2D eigenvalue weighted by molar-refractivity contribution is -0.585. The van der Waals surface area contributed by atoms with E-state index in [2.05, 4.69) is 6.92 Å². The maximum Gasteiger partial charge on any atom is 0.181 e. The molecule has 4 heterocycles. The van der Waals surface area contributed by atoms with Crippen molar-refractivity contribution in [2.75, 3.05) is 0 Å². The van der Waals surface area contributed by atoms with Crippen molar-refractivity contribution < 1.29 is 19.3 Å². The van der Waals surface area contributed by atoms with Crippen LogP contribution >= 0.6 is 0 Å². The fourth-order valence-corrected chi connectivity index (χ4v) is 4.16. The van der Waals surface area contributed by atoms with E-state index in [1.54, 1.807) is 0 Å². The van der Waals surface area contributed by atoms with Crippen LogP contribution in [-0.4, -0.2) is 28.6 Å². The summed E-state index contributed by atoms with van der Waals surface area (Å²) in [7, 11) is 0. The van der Waals surface area contributed by atoms with Gasteiger partial charge in [0.2, 0.25) is 0 Å². The van der Waals surface area contributed by atoms with Crippen molar-refractivity contribution >= 4 is 0 Å². The minimum absolute atomic E-state index is 0.00796. The van der Waals surface area contributed by atoms with Crippen LogP contribution in [0.25, 0.3) is 0 Å². The molecule has 0 aliphatic carbocycles. The van der Waals surface area contributed by atoms with E-state index in [-0.39, 0.29) is 23.9 Å². The fourth-order valence-electron chi connectivity index (χ4n) is 4.16. The third-order valence-corrected chi connectivity index (χ3v) is 5.61. The number of aliphatic hydroxyl groups is 1. The third-order valence-electron chi connectivity index (χ3n) is 5.61. The Morgan fingerprint density at radius 3 is 2.11 bits per heavy atom. The van der Waals surface area contributed by atoms with E-state index < -0.39 is 17.4 Å². The first-order chi connectivity index (χ1) is 8.35. The Balaban J connectivity index is 2.13. The molecule has 4 aliphatic heterocycles. The van der Waals surface area contributed by atoms with Gasteiger partial charge in [0.15, 0.2) is 17.4 Å². The van der Waals surface area contributed by atoms with E-state index in [9.17, 15) is 5.11 Å². The van der Waals surface area contributed by atoms with E-state index >= 15 is 0 Å². The van der Waals surface area contributed by atoms with Crippen LogP contribution in [0.15, 0.2) is 0 Å². The van der Waals surface area contributed by atoms with Gasteiger partial charge < -0.3 is 19.3 Å². The Bertz CT molecular complexity index is 347. The monoisotopic (exact) mass is 256 g/mol. The fraction of sp³-hybridized carbons (Fsp3) is 1.00. The van der Waals surface area contributed by atoms with Crippen molar-refractivity contribution in [1.29, 1.82) is 0 Å². The van der Waals surface area contributed by atoms with Gasteiger partial charge in [-0.05, 0) is 12.8 Å². The van der Waals surface area contributed by atoms with Crippen molar-refractivity contribution in [2.45, 2.75) is 70.9 Å². The van der Waals surface area contributed by atoms with Crippen molar-refractivity contribution in [3.05, 3.63) is 0 Å². The van der Waals surface area contributed by atoms with Gasteiger partial charge >= 0.3 is 0 Å². The molecule has 7 atom stereocenters. The van der Waals surface area contributed by atoms with Crippen molar-refractivity contribution in [2.24, 2.45) is 17.8 Å². The zero-order valence-corrected chi connectivity index (χ0v) is 11.9. The molecule has 0 amide bonds. The molecule has 4 rings (SSSR count). The molecule has 4 saturated heterocycles. The summed E-state index contributed by atoms with van der Waals surface area (Å²) in [5, 5.41) is 11.0. The first-order valence-electron chi connectivity index (χ1n) is 7.15. The quantitative estimate of drug-likeness (QED) is 0.823. The lowest BCUT2D eigenvalue weighted by atomic mass is 9.66. The number of hydrogen-bond acceptors (Lipinski definition) is 4. The molecule has 0 spiro atoms. The molecule has 0 aromatic heterocycles. The maximum absolute atomic E-state index is 11.0. The molecule has 104 valence electrons. The van der Waals surface area contributed by atoms with Gasteiger partial charge in [0.1, 0.15) is 0 Å². The molecule has 4 bridgehead atoms. The van der Waals surface area contributed by atoms with Gasteiger partial charge in [0.05, 0.1) is 12.0 Å². The summed E-state index contributed by atoms with van der Waals surface area (Å²) in [5.74, 6) is -2.55. The Morgan fingerprint density at radius 2 is 1.56 bits per heavy atom. The number of hydrogen-bond donors (Lipinski definition) is 1. The minimum Gasteiger partial charge on any atom is -0.365 e. The van der Waals surface area contributed by atoms with Gasteiger partial charge in [0, 0.05) is 11.8 Å². The molecule has 4 aliphatic rings. The molecule has 4 nitrogen and oxygen atoms in total. The normalized spacial score (nSPS) is 62.3. The lowest BCUT2D eigenvalue weighted by Gasteiger charge is -2.70. The van der Waals surface area contributed by atoms with Crippen LogP contribution in [0.3, 0.4) is 0 Å². The molecule has 4 heteroatoms. The van der Waals surface area contributed by atoms with Gasteiger partial charge in [-0.2, -0.15) is 0 Å². The SMILES string of the molecule is CC[C@@]12O[C@H]3[C@H](C)[C@@](CC)(O1)O[C@@](O)([C@@H]2C)[C@H]3C. The van der Waals surface area contributed by atoms with Crippen LogP contribution in [0.2, 0.25) is 0 Å². The minimum atomic E-state index is -1.13. The zero-order chi connectivity index (χ0) is 13.3. The van der Waals surface area contributed by atoms with Crippen LogP contribution in [0.4, 0.5) is 0 Å². The summed E-state index contributed by atoms with van der Waals surface area (Å²) < 4.78 is 18.5. The maximum atomic E-state index is 11.0. The highest BCUT2D eigenvalue weighted by molar-refractivity contribution is 5.10. The summed E-state index contributed by atoms with van der Waals surface area (Å²) in [4.78, 5) is 0. The highest BCUT2D eigenvalue weighted by Gasteiger charge is 2.74. The van der Waals surface area contributed by atoms with Crippen LogP contribution < -0.4 is 0 Å². The second kappa shape index (κ2) is 3.48. The molecular formula is C14H24O4. The molecule has 0 unspecified atom stereocenters. The third kappa shape index (κ3) is 1.16. The molecule has 0 saturated carbocycles. The topological polar surface area (TPSA) is 47.9 Å². The highest BCUT2D eigenvalue weighted by atomic mass is 16.9. The number of rotatable bonds is 2. The molecule has 4 fully saturated rings. The Kier molecular flexibility index (Phi) is 2.49. The molecular weight excluding hydrogens is 232 g/mol. The van der Waals surface area contributed by atoms with Crippen LogP contribution in [0.1, 0.15) is 47.5 Å². The van der Waals surface area contributed by atoms with E-state index in [4.69, 9.17) is 14.2 Å². The molecule has 1 N–H and O–H groups in total. The molecule has 18 heavy (non-hydrogen) atoms. The van der Waals surface area contributed by atoms with Crippen LogP contribution in [0.5, 0.6) is 0 Å². The summed E-state index contributed by atoms with van der Waals surface area (Å²) in [6.45, 7) is 10.2. The summed E-state index contributed by atoms with van der Waals surface area (Å²) in [5.41, 5.74) is 0. The van der Waals surface area contributed by atoms with Crippen molar-refractivity contribution in [1.82, 2.24) is 0 Å². The zero-order valence-electron chi connectivity index (χ0n) is 11.9. The summed E-state index contributed by atoms with van der Waals surface area (Å²) in [6.07, 6.45) is 1.48. The lowest BCUT2D eigenvalue weighted by Crippen LogP contribution is -2.81. The second-order valence-corrected chi connectivity index (χ2v) is 6.17. The van der Waals surface area contributed by atoms with Crippen molar-refractivity contribution in [3.63, 3.8) is 0 Å². The summed E-state index contributed by atoms with van der Waals surface area (Å²) >= 11 is 0. The molecule has 0 radical (unpaired) electrons. The average Bonchev–Trinajstić information content (AvgIpc) is 2.37. The standard InChI is InChI=1S/C14H24O4/c1-6-12-8(3)11-9(4)14(15,18-12)10(5)13(7-2,16-11)17-12/h8-11,15H,6-7H2,1-5H3/t8-,9-,10+,11-,12-,13+,14+/m0/s1. The van der Waals surface area contributed by atoms with Gasteiger partial charge in [-0.15, -0.1) is 0 Å². The highest BCUT2D eigenvalue weighted by Crippen LogP contribution is 2.62. The van der Waals surface area contributed by atoms with Crippen LogP contribution in [0, 0.1) is 17.8 Å². The molecule has 0 aromatic carbocycles. The van der Waals surface area contributed by atoms with E-state index in [1.165, 1.54) is 0 Å². The Labute approximate surface area is 109 Å². The number of ether oxygens (including phenoxy) is 3. The summed E-state index contributed by atoms with van der Waals surface area (Å²) in [6, 6.07) is 0. The predicted molar refractivity (Wildman–Crippen MR) is 65.5 cm³/mol. The Hall–Kier alpha value is -0.160. The van der Waals surface area contributed by atoms with Crippen LogP contribution in [-0.2, 0) is 14.2 Å². The van der Waals surface area contributed by atoms with Gasteiger partial charge in [-0.3, -0.25) is 0 Å². The largest absolute Gasteiger partial charge is 0.365 e. The van der Waals surface area contributed by atoms with Crippen molar-refractivity contribution in [3.8, 4) is 0 Å². The van der Waals surface area contributed by atoms with E-state index in [0.29, 0.717) is 0 Å². The average molecular weight is 256 g/mol. The second-order valence-electron chi connectivity index (χ2n) is 6.17. The van der Waals surface area contributed by atoms with Gasteiger partial charge in [0.25, 0.3) is 0 Å². The first-order valence-corrected chi connectivity index (χ1v) is 7.15.